The van der Waals surface area contributed by atoms with Crippen LogP contribution in [0.5, 0.6) is 0 Å². The van der Waals surface area contributed by atoms with E-state index in [4.69, 9.17) is 4.74 Å². The van der Waals surface area contributed by atoms with Gasteiger partial charge in [-0.3, -0.25) is 19.4 Å². The fourth-order valence-electron chi connectivity index (χ4n) is 5.93. The molecule has 2 heterocycles. The van der Waals surface area contributed by atoms with Gasteiger partial charge in [0.2, 0.25) is 5.91 Å². The highest BCUT2D eigenvalue weighted by Crippen LogP contribution is 2.46. The van der Waals surface area contributed by atoms with E-state index in [1.807, 2.05) is 18.2 Å². The van der Waals surface area contributed by atoms with Gasteiger partial charge in [0.1, 0.15) is 12.1 Å². The van der Waals surface area contributed by atoms with E-state index in [2.05, 4.69) is 42.4 Å². The van der Waals surface area contributed by atoms with Crippen molar-refractivity contribution < 1.29 is 19.1 Å². The summed E-state index contributed by atoms with van der Waals surface area (Å²) < 4.78 is 5.42. The summed E-state index contributed by atoms with van der Waals surface area (Å²) in [5.74, 6) is -0.274. The Labute approximate surface area is 196 Å². The van der Waals surface area contributed by atoms with Gasteiger partial charge in [0.05, 0.1) is 13.2 Å². The van der Waals surface area contributed by atoms with Crippen molar-refractivity contribution >= 4 is 17.8 Å². The second-order valence-electron chi connectivity index (χ2n) is 10.7. The molecule has 4 rings (SSSR count). The molecule has 8 heteroatoms. The molecule has 3 fully saturated rings. The SMILES string of the molecule is C[C@@H]1CC(C)(C)C[C@@]2(C1)NC(=O)N(CC(=O)NCc1ccccc1CN1CCOCC1)C2=O. The maximum absolute atomic E-state index is 13.3. The van der Waals surface area contributed by atoms with Gasteiger partial charge in [-0.1, -0.05) is 45.0 Å². The lowest BCUT2D eigenvalue weighted by atomic mass is 9.64. The molecule has 0 unspecified atom stereocenters. The van der Waals surface area contributed by atoms with E-state index in [0.29, 0.717) is 25.3 Å². The highest BCUT2D eigenvalue weighted by molar-refractivity contribution is 6.09. The molecule has 8 nitrogen and oxygen atoms in total. The summed E-state index contributed by atoms with van der Waals surface area (Å²) in [5, 5.41) is 5.84. The molecule has 2 aliphatic heterocycles. The number of ether oxygens (including phenoxy) is 1. The van der Waals surface area contributed by atoms with Crippen molar-refractivity contribution in [1.82, 2.24) is 20.4 Å². The quantitative estimate of drug-likeness (QED) is 0.641. The van der Waals surface area contributed by atoms with E-state index in [1.54, 1.807) is 0 Å². The number of morpholine rings is 1. The van der Waals surface area contributed by atoms with Crippen molar-refractivity contribution in [3.63, 3.8) is 0 Å². The number of hydrogen-bond acceptors (Lipinski definition) is 5. The maximum atomic E-state index is 13.3. The number of rotatable bonds is 6. The Morgan fingerprint density at radius 3 is 2.55 bits per heavy atom. The van der Waals surface area contributed by atoms with E-state index < -0.39 is 11.6 Å². The van der Waals surface area contributed by atoms with Crippen LogP contribution in [-0.4, -0.2) is 66.0 Å². The molecule has 4 amide bonds. The normalized spacial score (nSPS) is 27.6. The number of urea groups is 1. The van der Waals surface area contributed by atoms with Crippen LogP contribution in [0.15, 0.2) is 24.3 Å². The van der Waals surface area contributed by atoms with Crippen LogP contribution >= 0.6 is 0 Å². The Bertz CT molecular complexity index is 911. The van der Waals surface area contributed by atoms with Gasteiger partial charge >= 0.3 is 6.03 Å². The minimum Gasteiger partial charge on any atom is -0.379 e. The Hall–Kier alpha value is -2.45. The molecule has 1 aromatic rings. The third kappa shape index (κ3) is 5.38. The molecule has 2 saturated heterocycles. The third-order valence-corrected chi connectivity index (χ3v) is 7.02. The summed E-state index contributed by atoms with van der Waals surface area (Å²) in [6.45, 7) is 10.6. The lowest BCUT2D eigenvalue weighted by Crippen LogP contribution is -2.54. The van der Waals surface area contributed by atoms with Crippen molar-refractivity contribution in [2.45, 2.75) is 58.7 Å². The molecular weight excluding hydrogens is 420 g/mol. The Kier molecular flexibility index (Phi) is 6.77. The molecule has 3 aliphatic rings. The number of nitrogens with zero attached hydrogens (tertiary/aromatic N) is 2. The Morgan fingerprint density at radius 1 is 1.15 bits per heavy atom. The number of amides is 4. The number of carbonyl (C=O) groups is 3. The largest absolute Gasteiger partial charge is 0.379 e. The third-order valence-electron chi connectivity index (χ3n) is 7.02. The van der Waals surface area contributed by atoms with E-state index in [-0.39, 0.29) is 23.8 Å². The van der Waals surface area contributed by atoms with Crippen molar-refractivity contribution in [3.8, 4) is 0 Å². The fraction of sp³-hybridized carbons (Fsp3) is 0.640. The molecular formula is C25H36N4O4. The van der Waals surface area contributed by atoms with Crippen LogP contribution < -0.4 is 10.6 Å². The number of carbonyl (C=O) groups excluding carboxylic acids is 3. The van der Waals surface area contributed by atoms with Gasteiger partial charge in [-0.2, -0.15) is 0 Å². The molecule has 1 aliphatic carbocycles. The van der Waals surface area contributed by atoms with Crippen molar-refractivity contribution in [2.75, 3.05) is 32.8 Å². The minimum atomic E-state index is -0.886. The topological polar surface area (TPSA) is 91.0 Å². The van der Waals surface area contributed by atoms with Crippen molar-refractivity contribution in [2.24, 2.45) is 11.3 Å². The Morgan fingerprint density at radius 2 is 1.85 bits per heavy atom. The zero-order chi connectivity index (χ0) is 23.6. The summed E-state index contributed by atoms with van der Waals surface area (Å²) in [4.78, 5) is 42.1. The highest BCUT2D eigenvalue weighted by Gasteiger charge is 2.56. The fourth-order valence-corrected chi connectivity index (χ4v) is 5.93. The van der Waals surface area contributed by atoms with E-state index in [1.165, 1.54) is 0 Å². The molecule has 0 radical (unpaired) electrons. The molecule has 2 atom stereocenters. The van der Waals surface area contributed by atoms with Crippen LogP contribution in [0.1, 0.15) is 51.2 Å². The zero-order valence-corrected chi connectivity index (χ0v) is 20.0. The van der Waals surface area contributed by atoms with Crippen LogP contribution in [0.2, 0.25) is 0 Å². The predicted molar refractivity (Wildman–Crippen MR) is 124 cm³/mol. The van der Waals surface area contributed by atoms with Crippen LogP contribution in [0.3, 0.4) is 0 Å². The first kappa shape index (κ1) is 23.7. The van der Waals surface area contributed by atoms with Gasteiger partial charge in [-0.05, 0) is 41.7 Å². The molecule has 0 bridgehead atoms. The van der Waals surface area contributed by atoms with Gasteiger partial charge in [0.25, 0.3) is 5.91 Å². The minimum absolute atomic E-state index is 0.0386. The van der Waals surface area contributed by atoms with Gasteiger partial charge in [0, 0.05) is 26.2 Å². The summed E-state index contributed by atoms with van der Waals surface area (Å²) in [6, 6.07) is 7.57. The summed E-state index contributed by atoms with van der Waals surface area (Å²) in [6.07, 6.45) is 2.23. The number of imide groups is 1. The van der Waals surface area contributed by atoms with E-state index in [9.17, 15) is 14.4 Å². The molecule has 33 heavy (non-hydrogen) atoms. The second kappa shape index (κ2) is 9.43. The first-order valence-electron chi connectivity index (χ1n) is 12.0. The molecule has 1 spiro atoms. The van der Waals surface area contributed by atoms with Gasteiger partial charge in [-0.15, -0.1) is 0 Å². The highest BCUT2D eigenvalue weighted by atomic mass is 16.5. The van der Waals surface area contributed by atoms with Gasteiger partial charge < -0.3 is 15.4 Å². The molecule has 180 valence electrons. The smallest absolute Gasteiger partial charge is 0.325 e. The average molecular weight is 457 g/mol. The van der Waals surface area contributed by atoms with Gasteiger partial charge in [0.15, 0.2) is 0 Å². The molecule has 0 aromatic heterocycles. The van der Waals surface area contributed by atoms with Crippen LogP contribution in [0.4, 0.5) is 4.79 Å². The van der Waals surface area contributed by atoms with Crippen LogP contribution in [0, 0.1) is 11.3 Å². The molecule has 1 saturated carbocycles. The Balaban J connectivity index is 1.36. The lowest BCUT2D eigenvalue weighted by Gasteiger charge is -2.43. The first-order valence-corrected chi connectivity index (χ1v) is 12.0. The van der Waals surface area contributed by atoms with E-state index in [0.717, 1.165) is 55.3 Å². The molecule has 1 aromatic carbocycles. The monoisotopic (exact) mass is 456 g/mol. The van der Waals surface area contributed by atoms with Crippen LogP contribution in [-0.2, 0) is 27.4 Å². The predicted octanol–water partition coefficient (Wildman–Crippen LogP) is 2.27. The standard InChI is InChI=1S/C25H36N4O4/c1-18-12-24(2,3)17-25(13-18)22(31)29(23(32)27-25)16-21(30)26-14-19-6-4-5-7-20(19)15-28-8-10-33-11-9-28/h4-7,18H,8-17H2,1-3H3,(H,26,30)(H,27,32)/t18-,25-/m1/s1. The average Bonchev–Trinajstić information content (AvgIpc) is 2.95. The zero-order valence-electron chi connectivity index (χ0n) is 20.0. The molecule has 2 N–H and O–H groups in total. The second-order valence-corrected chi connectivity index (χ2v) is 10.7. The number of benzene rings is 1. The summed E-state index contributed by atoms with van der Waals surface area (Å²) in [5.41, 5.74) is 1.27. The first-order chi connectivity index (χ1) is 15.7. The van der Waals surface area contributed by atoms with Crippen molar-refractivity contribution in [3.05, 3.63) is 35.4 Å². The van der Waals surface area contributed by atoms with Crippen molar-refractivity contribution in [1.29, 1.82) is 0 Å². The maximum Gasteiger partial charge on any atom is 0.325 e. The number of hydrogen-bond donors (Lipinski definition) is 2. The lowest BCUT2D eigenvalue weighted by molar-refractivity contribution is -0.137. The van der Waals surface area contributed by atoms with E-state index >= 15 is 0 Å². The summed E-state index contributed by atoms with van der Waals surface area (Å²) in [7, 11) is 0. The van der Waals surface area contributed by atoms with Gasteiger partial charge in [-0.25, -0.2) is 4.79 Å². The number of nitrogens with one attached hydrogen (secondary N) is 2. The van der Waals surface area contributed by atoms with Crippen LogP contribution in [0.25, 0.3) is 0 Å². The summed E-state index contributed by atoms with van der Waals surface area (Å²) >= 11 is 0.